The maximum Gasteiger partial charge on any atom is 0.405 e. The highest BCUT2D eigenvalue weighted by atomic mass is 16.6. The molecule has 0 aromatic heterocycles. The summed E-state index contributed by atoms with van der Waals surface area (Å²) in [5.74, 6) is 0.894. The van der Waals surface area contributed by atoms with Crippen molar-refractivity contribution in [3.63, 3.8) is 0 Å². The van der Waals surface area contributed by atoms with Crippen LogP contribution in [0.5, 0.6) is 5.75 Å². The first kappa shape index (κ1) is 18.3. The van der Waals surface area contributed by atoms with Gasteiger partial charge in [0, 0.05) is 5.41 Å². The number of hydrogen-bond donors (Lipinski definition) is 1. The van der Waals surface area contributed by atoms with Crippen molar-refractivity contribution in [1.29, 1.82) is 0 Å². The third-order valence-corrected chi connectivity index (χ3v) is 5.07. The molecule has 0 aliphatic heterocycles. The van der Waals surface area contributed by atoms with Crippen LogP contribution in [0.3, 0.4) is 0 Å². The topological polar surface area (TPSA) is 61.6 Å². The standard InChI is InChI=1S/C22H27NO3/c1-4-13-25-18-8-5-15(6-9-18)16-7-10-19-17(14-16)11-12-22(2,3)20(19)26-21(23)24/h5-10,14,20H,4,11-13H2,1-3H3,(H2,23,24)/t20-/m0/s1. The molecule has 4 nitrogen and oxygen atoms in total. The number of hydrogen-bond acceptors (Lipinski definition) is 3. The van der Waals surface area contributed by atoms with E-state index in [1.54, 1.807) is 0 Å². The van der Waals surface area contributed by atoms with E-state index < -0.39 is 6.09 Å². The largest absolute Gasteiger partial charge is 0.494 e. The third-order valence-electron chi connectivity index (χ3n) is 5.07. The van der Waals surface area contributed by atoms with Gasteiger partial charge in [-0.1, -0.05) is 51.1 Å². The predicted octanol–water partition coefficient (Wildman–Crippen LogP) is 5.25. The second-order valence-electron chi connectivity index (χ2n) is 7.59. The monoisotopic (exact) mass is 353 g/mol. The van der Waals surface area contributed by atoms with Gasteiger partial charge in [-0.15, -0.1) is 0 Å². The Labute approximate surface area is 155 Å². The molecule has 0 unspecified atom stereocenters. The van der Waals surface area contributed by atoms with E-state index in [1.807, 2.05) is 12.1 Å². The summed E-state index contributed by atoms with van der Waals surface area (Å²) >= 11 is 0. The van der Waals surface area contributed by atoms with E-state index in [2.05, 4.69) is 51.1 Å². The van der Waals surface area contributed by atoms with E-state index in [4.69, 9.17) is 15.2 Å². The average molecular weight is 353 g/mol. The molecule has 2 aromatic rings. The van der Waals surface area contributed by atoms with Crippen LogP contribution < -0.4 is 10.5 Å². The van der Waals surface area contributed by atoms with Crippen molar-refractivity contribution in [3.8, 4) is 16.9 Å². The van der Waals surface area contributed by atoms with E-state index in [-0.39, 0.29) is 11.5 Å². The summed E-state index contributed by atoms with van der Waals surface area (Å²) in [7, 11) is 0. The number of nitrogens with two attached hydrogens (primary N) is 1. The van der Waals surface area contributed by atoms with E-state index in [0.717, 1.165) is 48.3 Å². The summed E-state index contributed by atoms with van der Waals surface area (Å²) in [6.07, 6.45) is 1.89. The Kier molecular flexibility index (Phi) is 5.21. The Bertz CT molecular complexity index is 780. The zero-order chi connectivity index (χ0) is 18.7. The van der Waals surface area contributed by atoms with Gasteiger partial charge in [-0.2, -0.15) is 0 Å². The van der Waals surface area contributed by atoms with Gasteiger partial charge in [0.05, 0.1) is 6.61 Å². The fourth-order valence-electron chi connectivity index (χ4n) is 3.57. The summed E-state index contributed by atoms with van der Waals surface area (Å²) < 4.78 is 11.1. The highest BCUT2D eigenvalue weighted by Crippen LogP contribution is 2.46. The van der Waals surface area contributed by atoms with Gasteiger partial charge >= 0.3 is 6.09 Å². The summed E-state index contributed by atoms with van der Waals surface area (Å²) in [5.41, 5.74) is 9.76. The fraction of sp³-hybridized carbons (Fsp3) is 0.409. The van der Waals surface area contributed by atoms with Gasteiger partial charge < -0.3 is 15.2 Å². The lowest BCUT2D eigenvalue weighted by Gasteiger charge is -2.39. The molecule has 4 heteroatoms. The van der Waals surface area contributed by atoms with Crippen LogP contribution >= 0.6 is 0 Å². The lowest BCUT2D eigenvalue weighted by Crippen LogP contribution is -2.33. The molecule has 0 radical (unpaired) electrons. The van der Waals surface area contributed by atoms with Gasteiger partial charge in [-0.05, 0) is 53.6 Å². The molecule has 1 atom stereocenters. The summed E-state index contributed by atoms with van der Waals surface area (Å²) in [5, 5.41) is 0. The number of primary amides is 1. The molecule has 1 aliphatic rings. The molecule has 1 aliphatic carbocycles. The third kappa shape index (κ3) is 3.85. The van der Waals surface area contributed by atoms with Crippen molar-refractivity contribution in [1.82, 2.24) is 0 Å². The number of fused-ring (bicyclic) bond motifs is 1. The van der Waals surface area contributed by atoms with E-state index in [9.17, 15) is 4.79 Å². The Morgan fingerprint density at radius 2 is 1.85 bits per heavy atom. The van der Waals surface area contributed by atoms with Gasteiger partial charge in [-0.3, -0.25) is 0 Å². The van der Waals surface area contributed by atoms with Crippen molar-refractivity contribution in [2.45, 2.75) is 46.1 Å². The minimum Gasteiger partial charge on any atom is -0.494 e. The molecule has 0 fully saturated rings. The number of benzene rings is 2. The number of rotatable bonds is 5. The summed E-state index contributed by atoms with van der Waals surface area (Å²) in [6, 6.07) is 14.5. The maximum atomic E-state index is 11.3. The van der Waals surface area contributed by atoms with Gasteiger partial charge in [-0.25, -0.2) is 4.79 Å². The van der Waals surface area contributed by atoms with Gasteiger partial charge in [0.15, 0.2) is 0 Å². The first-order valence-electron chi connectivity index (χ1n) is 9.23. The molecule has 2 aromatic carbocycles. The average Bonchev–Trinajstić information content (AvgIpc) is 2.62. The van der Waals surface area contributed by atoms with Crippen LogP contribution in [0.1, 0.15) is 50.8 Å². The maximum absolute atomic E-state index is 11.3. The molecule has 0 heterocycles. The van der Waals surface area contributed by atoms with Crippen molar-refractivity contribution < 1.29 is 14.3 Å². The van der Waals surface area contributed by atoms with E-state index in [1.165, 1.54) is 5.56 Å². The molecule has 0 saturated carbocycles. The zero-order valence-electron chi connectivity index (χ0n) is 15.7. The Balaban J connectivity index is 1.88. The Morgan fingerprint density at radius 1 is 1.15 bits per heavy atom. The Morgan fingerprint density at radius 3 is 2.50 bits per heavy atom. The number of carbonyl (C=O) groups is 1. The van der Waals surface area contributed by atoms with Crippen LogP contribution in [0, 0.1) is 5.41 Å². The predicted molar refractivity (Wildman–Crippen MR) is 103 cm³/mol. The van der Waals surface area contributed by atoms with Crippen LogP contribution in [-0.2, 0) is 11.2 Å². The van der Waals surface area contributed by atoms with Gasteiger partial charge in [0.25, 0.3) is 0 Å². The van der Waals surface area contributed by atoms with Crippen molar-refractivity contribution in [2.24, 2.45) is 11.1 Å². The molecule has 0 saturated heterocycles. The first-order valence-corrected chi connectivity index (χ1v) is 9.23. The fourth-order valence-corrected chi connectivity index (χ4v) is 3.57. The molecule has 1 amide bonds. The zero-order valence-corrected chi connectivity index (χ0v) is 15.7. The minimum atomic E-state index is -0.720. The van der Waals surface area contributed by atoms with Gasteiger partial charge in [0.2, 0.25) is 0 Å². The highest BCUT2D eigenvalue weighted by molar-refractivity contribution is 5.67. The molecule has 138 valence electrons. The van der Waals surface area contributed by atoms with Crippen LogP contribution in [0.15, 0.2) is 42.5 Å². The number of carbonyl (C=O) groups excluding carboxylic acids is 1. The molecular formula is C22H27NO3. The first-order chi connectivity index (χ1) is 12.4. The Hall–Kier alpha value is -2.49. The lowest BCUT2D eigenvalue weighted by atomic mass is 9.71. The molecule has 0 bridgehead atoms. The van der Waals surface area contributed by atoms with Crippen LogP contribution in [-0.4, -0.2) is 12.7 Å². The highest BCUT2D eigenvalue weighted by Gasteiger charge is 2.38. The second-order valence-corrected chi connectivity index (χ2v) is 7.59. The normalized spacial score (nSPS) is 18.0. The SMILES string of the molecule is CCCOc1ccc(-c2ccc3c(c2)CCC(C)(C)[C@H]3OC(N)=O)cc1. The van der Waals surface area contributed by atoms with Crippen LogP contribution in [0.25, 0.3) is 11.1 Å². The lowest BCUT2D eigenvalue weighted by molar-refractivity contribution is 0.0147. The number of amides is 1. The smallest absolute Gasteiger partial charge is 0.405 e. The minimum absolute atomic E-state index is 0.123. The molecule has 2 N–H and O–H groups in total. The number of aryl methyl sites for hydroxylation is 1. The van der Waals surface area contributed by atoms with Crippen LogP contribution in [0.2, 0.25) is 0 Å². The molecule has 0 spiro atoms. The quantitative estimate of drug-likeness (QED) is 0.798. The van der Waals surface area contributed by atoms with Gasteiger partial charge in [0.1, 0.15) is 11.9 Å². The summed E-state index contributed by atoms with van der Waals surface area (Å²) in [6.45, 7) is 7.06. The van der Waals surface area contributed by atoms with E-state index >= 15 is 0 Å². The van der Waals surface area contributed by atoms with Crippen LogP contribution in [0.4, 0.5) is 4.79 Å². The number of ether oxygens (including phenoxy) is 2. The molecule has 26 heavy (non-hydrogen) atoms. The molecule has 3 rings (SSSR count). The summed E-state index contributed by atoms with van der Waals surface area (Å²) in [4.78, 5) is 11.3. The van der Waals surface area contributed by atoms with Crippen molar-refractivity contribution >= 4 is 6.09 Å². The molecular weight excluding hydrogens is 326 g/mol. The van der Waals surface area contributed by atoms with E-state index in [0.29, 0.717) is 0 Å². The second kappa shape index (κ2) is 7.40. The van der Waals surface area contributed by atoms with Crippen molar-refractivity contribution in [2.75, 3.05) is 6.61 Å². The van der Waals surface area contributed by atoms with Crippen molar-refractivity contribution in [3.05, 3.63) is 53.6 Å².